The van der Waals surface area contributed by atoms with Crippen molar-refractivity contribution in [2.45, 2.75) is 31.8 Å². The summed E-state index contributed by atoms with van der Waals surface area (Å²) in [5.74, 6) is 0.163. The molecule has 1 aliphatic rings. The summed E-state index contributed by atoms with van der Waals surface area (Å²) >= 11 is 12.2. The normalized spacial score (nSPS) is 18.1. The van der Waals surface area contributed by atoms with Gasteiger partial charge in [0, 0.05) is 5.56 Å². The van der Waals surface area contributed by atoms with Crippen LogP contribution in [0.15, 0.2) is 18.2 Å². The van der Waals surface area contributed by atoms with Crippen LogP contribution in [0.3, 0.4) is 0 Å². The van der Waals surface area contributed by atoms with Crippen molar-refractivity contribution in [3.05, 3.63) is 33.8 Å². The number of quaternary nitrogens is 1. The molecule has 0 aromatic heterocycles. The van der Waals surface area contributed by atoms with Gasteiger partial charge < -0.3 is 10.2 Å². The van der Waals surface area contributed by atoms with Crippen LogP contribution in [0, 0.1) is 17.2 Å². The maximum Gasteiger partial charge on any atom is 0.276 e. The second-order valence-electron chi connectivity index (χ2n) is 6.16. The van der Waals surface area contributed by atoms with Crippen LogP contribution in [-0.4, -0.2) is 25.0 Å². The van der Waals surface area contributed by atoms with Crippen molar-refractivity contribution in [3.8, 4) is 6.07 Å². The number of halogens is 2. The Morgan fingerprint density at radius 3 is 2.77 bits per heavy atom. The maximum absolute atomic E-state index is 12.2. The van der Waals surface area contributed by atoms with Crippen molar-refractivity contribution in [2.24, 2.45) is 5.92 Å². The number of amides is 1. The van der Waals surface area contributed by atoms with Gasteiger partial charge in [-0.05, 0) is 31.7 Å². The van der Waals surface area contributed by atoms with E-state index in [1.165, 1.54) is 0 Å². The third kappa shape index (κ3) is 4.13. The molecule has 0 aliphatic heterocycles. The minimum absolute atomic E-state index is 0.119. The summed E-state index contributed by atoms with van der Waals surface area (Å²) in [5, 5.41) is 13.2. The molecule has 1 fully saturated rings. The molecule has 0 spiro atoms. The van der Waals surface area contributed by atoms with Crippen molar-refractivity contribution in [2.75, 3.05) is 13.6 Å². The molecule has 1 aromatic carbocycles. The highest BCUT2D eigenvalue weighted by atomic mass is 35.5. The van der Waals surface area contributed by atoms with Crippen LogP contribution in [-0.2, 0) is 11.3 Å². The summed E-state index contributed by atoms with van der Waals surface area (Å²) in [6.07, 6.45) is 2.01. The number of hydrogen-bond acceptors (Lipinski definition) is 2. The molecule has 0 saturated heterocycles. The lowest BCUT2D eigenvalue weighted by molar-refractivity contribution is -0.885. The average Bonchev–Trinajstić information content (AvgIpc) is 3.28. The highest BCUT2D eigenvalue weighted by Crippen LogP contribution is 2.39. The predicted molar refractivity (Wildman–Crippen MR) is 86.8 cm³/mol. The first-order valence-electron chi connectivity index (χ1n) is 7.32. The van der Waals surface area contributed by atoms with Gasteiger partial charge in [-0.2, -0.15) is 5.26 Å². The second-order valence-corrected chi connectivity index (χ2v) is 6.95. The first-order valence-corrected chi connectivity index (χ1v) is 8.08. The number of likely N-dealkylation sites (N-methyl/N-ethyl adjacent to an activating group) is 1. The highest BCUT2D eigenvalue weighted by molar-refractivity contribution is 6.42. The number of rotatable bonds is 6. The van der Waals surface area contributed by atoms with Gasteiger partial charge in [-0.15, -0.1) is 0 Å². The van der Waals surface area contributed by atoms with Crippen LogP contribution in [0.5, 0.6) is 0 Å². The Balaban J connectivity index is 1.91. The SMILES string of the molecule is C[NH+](CC(=O)N[C@@](C)(C#N)C1CC1)Cc1cccc(Cl)c1Cl. The molecule has 4 nitrogen and oxygen atoms in total. The molecule has 1 aliphatic carbocycles. The van der Waals surface area contributed by atoms with Crippen LogP contribution < -0.4 is 10.2 Å². The molecule has 1 unspecified atom stereocenters. The summed E-state index contributed by atoms with van der Waals surface area (Å²) in [6, 6.07) is 7.72. The molecule has 6 heteroatoms. The van der Waals surface area contributed by atoms with Gasteiger partial charge >= 0.3 is 0 Å². The molecule has 2 atom stereocenters. The van der Waals surface area contributed by atoms with E-state index in [0.717, 1.165) is 23.3 Å². The number of nitriles is 1. The predicted octanol–water partition coefficient (Wildman–Crippen LogP) is 1.82. The summed E-state index contributed by atoms with van der Waals surface area (Å²) in [5.41, 5.74) is 0.162. The molecule has 1 saturated carbocycles. The molecule has 0 bridgehead atoms. The molecular formula is C16H20Cl2N3O+. The summed E-state index contributed by atoms with van der Waals surface area (Å²) < 4.78 is 0. The zero-order valence-electron chi connectivity index (χ0n) is 12.7. The second kappa shape index (κ2) is 6.87. The summed E-state index contributed by atoms with van der Waals surface area (Å²) in [7, 11) is 1.91. The molecular weight excluding hydrogens is 321 g/mol. The minimum atomic E-state index is -0.745. The fourth-order valence-electron chi connectivity index (χ4n) is 2.56. The van der Waals surface area contributed by atoms with Gasteiger partial charge in [0.1, 0.15) is 12.1 Å². The largest absolute Gasteiger partial charge is 0.333 e. The van der Waals surface area contributed by atoms with Crippen LogP contribution in [0.1, 0.15) is 25.3 Å². The number of nitrogens with zero attached hydrogens (tertiary/aromatic N) is 1. The van der Waals surface area contributed by atoms with Gasteiger partial charge in [0.2, 0.25) is 0 Å². The quantitative estimate of drug-likeness (QED) is 0.829. The van der Waals surface area contributed by atoms with Crippen molar-refractivity contribution < 1.29 is 9.69 Å². The highest BCUT2D eigenvalue weighted by Gasteiger charge is 2.43. The Bertz CT molecular complexity index is 610. The fraction of sp³-hybridized carbons (Fsp3) is 0.500. The Morgan fingerprint density at radius 1 is 1.50 bits per heavy atom. The van der Waals surface area contributed by atoms with E-state index in [-0.39, 0.29) is 18.4 Å². The Kier molecular flexibility index (Phi) is 5.33. The smallest absolute Gasteiger partial charge is 0.276 e. The number of carbonyl (C=O) groups excluding carboxylic acids is 1. The van der Waals surface area contributed by atoms with Gasteiger partial charge in [0.15, 0.2) is 6.54 Å². The molecule has 0 heterocycles. The third-order valence-electron chi connectivity index (χ3n) is 4.01. The van der Waals surface area contributed by atoms with Crippen LogP contribution in [0.25, 0.3) is 0 Å². The number of hydrogen-bond donors (Lipinski definition) is 2. The molecule has 22 heavy (non-hydrogen) atoms. The molecule has 118 valence electrons. The van der Waals surface area contributed by atoms with Crippen LogP contribution in [0.4, 0.5) is 0 Å². The van der Waals surface area contributed by atoms with Crippen molar-refractivity contribution in [1.82, 2.24) is 5.32 Å². The zero-order chi connectivity index (χ0) is 16.3. The zero-order valence-corrected chi connectivity index (χ0v) is 14.3. The van der Waals surface area contributed by atoms with E-state index in [2.05, 4.69) is 11.4 Å². The van der Waals surface area contributed by atoms with Gasteiger partial charge in [-0.25, -0.2) is 0 Å². The Labute approximate surface area is 141 Å². The number of nitrogens with one attached hydrogen (secondary N) is 2. The molecule has 2 rings (SSSR count). The van der Waals surface area contributed by atoms with E-state index in [9.17, 15) is 10.1 Å². The van der Waals surface area contributed by atoms with E-state index < -0.39 is 5.54 Å². The average molecular weight is 341 g/mol. The lowest BCUT2D eigenvalue weighted by Crippen LogP contribution is -3.09. The topological polar surface area (TPSA) is 57.3 Å². The van der Waals surface area contributed by atoms with Gasteiger partial charge in [-0.1, -0.05) is 35.3 Å². The molecule has 1 aromatic rings. The van der Waals surface area contributed by atoms with E-state index in [0.29, 0.717) is 16.6 Å². The lowest BCUT2D eigenvalue weighted by atomic mass is 9.98. The fourth-order valence-corrected chi connectivity index (χ4v) is 2.95. The maximum atomic E-state index is 12.2. The van der Waals surface area contributed by atoms with E-state index >= 15 is 0 Å². The Morgan fingerprint density at radius 2 is 2.18 bits per heavy atom. The van der Waals surface area contributed by atoms with E-state index in [4.69, 9.17) is 23.2 Å². The molecule has 0 radical (unpaired) electrons. The van der Waals surface area contributed by atoms with Gasteiger partial charge in [0.05, 0.1) is 23.2 Å². The summed E-state index contributed by atoms with van der Waals surface area (Å²) in [4.78, 5) is 13.1. The van der Waals surface area contributed by atoms with Gasteiger partial charge in [-0.3, -0.25) is 4.79 Å². The molecule has 1 amide bonds. The standard InChI is InChI=1S/C16H19Cl2N3O/c1-16(10-19,12-6-7-12)20-14(22)9-21(2)8-11-4-3-5-13(17)15(11)18/h3-5,12H,6-9H2,1-2H3,(H,20,22)/p+1/t16-/m0/s1. The van der Waals surface area contributed by atoms with Crippen molar-refractivity contribution in [1.29, 1.82) is 5.26 Å². The lowest BCUT2D eigenvalue weighted by Gasteiger charge is -2.24. The van der Waals surface area contributed by atoms with E-state index in [1.54, 1.807) is 13.0 Å². The number of benzene rings is 1. The first kappa shape index (κ1) is 17.1. The van der Waals surface area contributed by atoms with Crippen molar-refractivity contribution >= 4 is 29.1 Å². The third-order valence-corrected chi connectivity index (χ3v) is 4.87. The number of carbonyl (C=O) groups is 1. The van der Waals surface area contributed by atoms with Crippen LogP contribution in [0.2, 0.25) is 10.0 Å². The van der Waals surface area contributed by atoms with Crippen molar-refractivity contribution in [3.63, 3.8) is 0 Å². The van der Waals surface area contributed by atoms with Crippen LogP contribution >= 0.6 is 23.2 Å². The first-order chi connectivity index (χ1) is 10.4. The van der Waals surface area contributed by atoms with Gasteiger partial charge in [0.25, 0.3) is 5.91 Å². The monoisotopic (exact) mass is 340 g/mol. The minimum Gasteiger partial charge on any atom is -0.333 e. The van der Waals surface area contributed by atoms with E-state index in [1.807, 2.05) is 19.2 Å². The summed E-state index contributed by atoms with van der Waals surface area (Å²) in [6.45, 7) is 2.68. The Hall–Kier alpha value is -1.28. The molecule has 2 N–H and O–H groups in total.